The van der Waals surface area contributed by atoms with Crippen molar-refractivity contribution in [3.63, 3.8) is 0 Å². The van der Waals surface area contributed by atoms with E-state index in [1.165, 1.54) is 31.6 Å². The number of methoxy groups -OCH3 is 2. The third-order valence-electron chi connectivity index (χ3n) is 4.48. The minimum atomic E-state index is -0.469. The number of fused-ring (bicyclic) bond motifs is 1. The molecule has 1 amide bonds. The lowest BCUT2D eigenvalue weighted by Crippen LogP contribution is -2.22. The van der Waals surface area contributed by atoms with Crippen LogP contribution in [0.3, 0.4) is 0 Å². The number of anilines is 1. The summed E-state index contributed by atoms with van der Waals surface area (Å²) in [6, 6.07) is 9.74. The van der Waals surface area contributed by atoms with Gasteiger partial charge in [0.25, 0.3) is 5.91 Å². The molecule has 4 rings (SSSR count). The number of nitrogens with zero attached hydrogens (tertiary/aromatic N) is 1. The zero-order chi connectivity index (χ0) is 22.7. The van der Waals surface area contributed by atoms with E-state index < -0.39 is 17.9 Å². The number of aromatic nitrogens is 1. The molecule has 0 aliphatic heterocycles. The lowest BCUT2D eigenvalue weighted by atomic mass is 10.1. The second-order valence-corrected chi connectivity index (χ2v) is 7.80. The molecule has 0 bridgehead atoms. The van der Waals surface area contributed by atoms with Gasteiger partial charge in [0, 0.05) is 22.2 Å². The SMILES string of the molecule is COc1ccc(-c2oc3ccc(Cl)cc3c(=O)c2OCC(=O)Nc2nccs2)cc1OC. The molecule has 0 aliphatic carbocycles. The summed E-state index contributed by atoms with van der Waals surface area (Å²) in [5.41, 5.74) is 0.372. The van der Waals surface area contributed by atoms with Gasteiger partial charge in [-0.3, -0.25) is 14.9 Å². The van der Waals surface area contributed by atoms with Crippen LogP contribution in [-0.4, -0.2) is 31.7 Å². The fourth-order valence-corrected chi connectivity index (χ4v) is 3.74. The topological polar surface area (TPSA) is 99.9 Å². The van der Waals surface area contributed by atoms with Crippen LogP contribution in [0.25, 0.3) is 22.3 Å². The highest BCUT2D eigenvalue weighted by molar-refractivity contribution is 7.13. The number of carbonyl (C=O) groups excluding carboxylic acids is 1. The van der Waals surface area contributed by atoms with E-state index in [0.29, 0.717) is 32.8 Å². The maximum Gasteiger partial charge on any atom is 0.264 e. The van der Waals surface area contributed by atoms with E-state index in [4.69, 9.17) is 30.2 Å². The first kappa shape index (κ1) is 21.7. The van der Waals surface area contributed by atoms with Gasteiger partial charge >= 0.3 is 0 Å². The molecule has 8 nitrogen and oxygen atoms in total. The second kappa shape index (κ2) is 9.29. The lowest BCUT2D eigenvalue weighted by molar-refractivity contribution is -0.118. The number of nitrogens with one attached hydrogen (secondary N) is 1. The highest BCUT2D eigenvalue weighted by Crippen LogP contribution is 2.37. The zero-order valence-corrected chi connectivity index (χ0v) is 18.6. The predicted octanol–water partition coefficient (Wildman–Crippen LogP) is 4.60. The maximum absolute atomic E-state index is 13.2. The van der Waals surface area contributed by atoms with Gasteiger partial charge in [-0.25, -0.2) is 4.98 Å². The molecular formula is C22H17ClN2O6S. The van der Waals surface area contributed by atoms with Crippen LogP contribution in [0.1, 0.15) is 0 Å². The van der Waals surface area contributed by atoms with Crippen molar-refractivity contribution in [2.75, 3.05) is 26.1 Å². The Morgan fingerprint density at radius 2 is 1.97 bits per heavy atom. The van der Waals surface area contributed by atoms with Crippen molar-refractivity contribution in [1.29, 1.82) is 0 Å². The number of amides is 1. The third-order valence-corrected chi connectivity index (χ3v) is 5.41. The van der Waals surface area contributed by atoms with Gasteiger partial charge in [0.2, 0.25) is 11.2 Å². The number of ether oxygens (including phenoxy) is 3. The number of rotatable bonds is 7. The molecule has 2 heterocycles. The largest absolute Gasteiger partial charge is 0.493 e. The summed E-state index contributed by atoms with van der Waals surface area (Å²) in [6.45, 7) is -0.420. The van der Waals surface area contributed by atoms with Crippen LogP contribution in [0.4, 0.5) is 5.13 Å². The molecule has 10 heteroatoms. The molecule has 0 aliphatic rings. The Hall–Kier alpha value is -3.56. The van der Waals surface area contributed by atoms with Gasteiger partial charge in [0.1, 0.15) is 5.58 Å². The van der Waals surface area contributed by atoms with E-state index in [-0.39, 0.29) is 16.9 Å². The van der Waals surface area contributed by atoms with Crippen molar-refractivity contribution in [3.8, 4) is 28.6 Å². The van der Waals surface area contributed by atoms with E-state index >= 15 is 0 Å². The molecule has 0 radical (unpaired) electrons. The van der Waals surface area contributed by atoms with Crippen molar-refractivity contribution in [2.45, 2.75) is 0 Å². The average Bonchev–Trinajstić information content (AvgIpc) is 3.31. The van der Waals surface area contributed by atoms with Gasteiger partial charge in [0.15, 0.2) is 29.0 Å². The van der Waals surface area contributed by atoms with E-state index in [1.807, 2.05) is 0 Å². The molecular weight excluding hydrogens is 456 g/mol. The Morgan fingerprint density at radius 3 is 2.69 bits per heavy atom. The molecule has 2 aromatic heterocycles. The van der Waals surface area contributed by atoms with Crippen molar-refractivity contribution in [1.82, 2.24) is 4.98 Å². The van der Waals surface area contributed by atoms with Gasteiger partial charge in [-0.2, -0.15) is 0 Å². The smallest absolute Gasteiger partial charge is 0.264 e. The van der Waals surface area contributed by atoms with Crippen LogP contribution < -0.4 is 25.0 Å². The van der Waals surface area contributed by atoms with E-state index in [9.17, 15) is 9.59 Å². The van der Waals surface area contributed by atoms with Gasteiger partial charge in [-0.1, -0.05) is 11.6 Å². The molecule has 164 valence electrons. The summed E-state index contributed by atoms with van der Waals surface area (Å²) in [6.07, 6.45) is 1.57. The minimum absolute atomic E-state index is 0.124. The number of hydrogen-bond acceptors (Lipinski definition) is 8. The molecule has 0 saturated carbocycles. The van der Waals surface area contributed by atoms with Crippen molar-refractivity contribution < 1.29 is 23.4 Å². The molecule has 0 saturated heterocycles. The van der Waals surface area contributed by atoms with Crippen LogP contribution in [0, 0.1) is 0 Å². The maximum atomic E-state index is 13.2. The summed E-state index contributed by atoms with van der Waals surface area (Å²) < 4.78 is 22.3. The summed E-state index contributed by atoms with van der Waals surface area (Å²) in [5, 5.41) is 5.36. The standard InChI is InChI=1S/C22H17ClN2O6S/c1-28-16-5-3-12(9-17(16)29-2)20-21(30-11-18(26)25-22-24-7-8-32-22)19(27)14-10-13(23)4-6-15(14)31-20/h3-10H,11H2,1-2H3,(H,24,25,26). The normalized spacial score (nSPS) is 10.7. The monoisotopic (exact) mass is 472 g/mol. The highest BCUT2D eigenvalue weighted by atomic mass is 35.5. The predicted molar refractivity (Wildman–Crippen MR) is 122 cm³/mol. The Labute approximate surface area is 191 Å². The summed E-state index contributed by atoms with van der Waals surface area (Å²) in [5.74, 6) is 0.505. The van der Waals surface area contributed by atoms with Crippen LogP contribution >= 0.6 is 22.9 Å². The number of carbonyl (C=O) groups is 1. The Bertz CT molecular complexity index is 1340. The molecule has 4 aromatic rings. The van der Waals surface area contributed by atoms with Gasteiger partial charge in [0.05, 0.1) is 19.6 Å². The molecule has 0 atom stereocenters. The second-order valence-electron chi connectivity index (χ2n) is 6.47. The fraction of sp³-hybridized carbons (Fsp3) is 0.136. The molecule has 32 heavy (non-hydrogen) atoms. The van der Waals surface area contributed by atoms with E-state index in [2.05, 4.69) is 10.3 Å². The molecule has 0 fully saturated rings. The number of hydrogen-bond donors (Lipinski definition) is 1. The van der Waals surface area contributed by atoms with Crippen molar-refractivity contribution in [3.05, 3.63) is 63.2 Å². The fourth-order valence-electron chi connectivity index (χ4n) is 3.03. The van der Waals surface area contributed by atoms with Gasteiger partial charge < -0.3 is 18.6 Å². The zero-order valence-electron chi connectivity index (χ0n) is 17.0. The summed E-state index contributed by atoms with van der Waals surface area (Å²) in [4.78, 5) is 29.5. The first-order valence-electron chi connectivity index (χ1n) is 9.31. The summed E-state index contributed by atoms with van der Waals surface area (Å²) >= 11 is 7.33. The molecule has 1 N–H and O–H groups in total. The van der Waals surface area contributed by atoms with Crippen LogP contribution in [-0.2, 0) is 4.79 Å². The molecule has 0 unspecified atom stereocenters. The van der Waals surface area contributed by atoms with Gasteiger partial charge in [-0.05, 0) is 36.4 Å². The molecule has 2 aromatic carbocycles. The highest BCUT2D eigenvalue weighted by Gasteiger charge is 2.21. The Balaban J connectivity index is 1.77. The van der Waals surface area contributed by atoms with Crippen LogP contribution in [0.15, 0.2) is 57.2 Å². The molecule has 0 spiro atoms. The van der Waals surface area contributed by atoms with Gasteiger partial charge in [-0.15, -0.1) is 11.3 Å². The first-order valence-corrected chi connectivity index (χ1v) is 10.6. The van der Waals surface area contributed by atoms with Crippen LogP contribution in [0.2, 0.25) is 5.02 Å². The summed E-state index contributed by atoms with van der Waals surface area (Å²) in [7, 11) is 3.02. The Kier molecular flexibility index (Phi) is 6.29. The van der Waals surface area contributed by atoms with Crippen molar-refractivity contribution in [2.24, 2.45) is 0 Å². The third kappa shape index (κ3) is 4.39. The number of benzene rings is 2. The number of thiazole rings is 1. The average molecular weight is 473 g/mol. The quantitative estimate of drug-likeness (QED) is 0.419. The van der Waals surface area contributed by atoms with Crippen LogP contribution in [0.5, 0.6) is 17.2 Å². The number of halogens is 1. The lowest BCUT2D eigenvalue weighted by Gasteiger charge is -2.13. The minimum Gasteiger partial charge on any atom is -0.493 e. The Morgan fingerprint density at radius 1 is 1.16 bits per heavy atom. The van der Waals surface area contributed by atoms with Crippen molar-refractivity contribution >= 4 is 44.9 Å². The first-order chi connectivity index (χ1) is 15.5. The van der Waals surface area contributed by atoms with E-state index in [1.54, 1.807) is 41.9 Å². The van der Waals surface area contributed by atoms with E-state index in [0.717, 1.165) is 0 Å².